The Morgan fingerprint density at radius 3 is 2.58 bits per heavy atom. The van der Waals surface area contributed by atoms with Gasteiger partial charge in [-0.2, -0.15) is 0 Å². The molecular weight excluding hydrogens is 346 g/mol. The van der Waals surface area contributed by atoms with Crippen molar-refractivity contribution < 1.29 is 4.79 Å². The average Bonchev–Trinajstić information content (AvgIpc) is 2.62. The van der Waals surface area contributed by atoms with E-state index in [2.05, 4.69) is 17.7 Å². The number of benzene rings is 2. The van der Waals surface area contributed by atoms with Gasteiger partial charge in [0.1, 0.15) is 0 Å². The highest BCUT2D eigenvalue weighted by atomic mass is 35.5. The van der Waals surface area contributed by atoms with Gasteiger partial charge in [-0.15, -0.1) is 0 Å². The third kappa shape index (κ3) is 4.09. The molecule has 0 saturated heterocycles. The van der Waals surface area contributed by atoms with Crippen LogP contribution in [0.2, 0.25) is 5.02 Å². The number of hydrogen-bond acceptors (Lipinski definition) is 4. The van der Waals surface area contributed by atoms with Crippen LogP contribution in [0.15, 0.2) is 72.1 Å². The molecule has 2 N–H and O–H groups in total. The summed E-state index contributed by atoms with van der Waals surface area (Å²) in [5.74, 6) is -0.00622. The van der Waals surface area contributed by atoms with Crippen molar-refractivity contribution in [2.75, 3.05) is 11.9 Å². The number of carbonyl (C=O) groups is 1. The van der Waals surface area contributed by atoms with Crippen molar-refractivity contribution in [2.24, 2.45) is 0 Å². The smallest absolute Gasteiger partial charge is 0.164 e. The Bertz CT molecular complexity index is 859. The maximum absolute atomic E-state index is 12.5. The van der Waals surface area contributed by atoms with E-state index in [9.17, 15) is 4.79 Å². The summed E-state index contributed by atoms with van der Waals surface area (Å²) in [7, 11) is 0. The third-order valence-corrected chi connectivity index (χ3v) is 4.28. The highest BCUT2D eigenvalue weighted by molar-refractivity contribution is 6.30. The largest absolute Gasteiger partial charge is 0.354 e. The standard InChI is InChI=1S/C21H22ClN3O/c1-3-12-25-14-19(23-18-11-7-10-17(22)13-18)20(15(2)26)21(24-25)16-8-5-4-6-9-16/h4-11,13-14,23-24H,3,12H2,1-2H3. The van der Waals surface area contributed by atoms with Crippen LogP contribution in [0.1, 0.15) is 25.8 Å². The van der Waals surface area contributed by atoms with Crippen LogP contribution in [0.25, 0.3) is 5.70 Å². The molecule has 0 fully saturated rings. The lowest BCUT2D eigenvalue weighted by molar-refractivity contribution is -0.113. The number of nitrogens with zero attached hydrogens (tertiary/aromatic N) is 1. The first-order chi connectivity index (χ1) is 12.6. The third-order valence-electron chi connectivity index (χ3n) is 4.04. The Kier molecular flexibility index (Phi) is 5.64. The number of allylic oxidation sites excluding steroid dienone is 1. The maximum atomic E-state index is 12.5. The summed E-state index contributed by atoms with van der Waals surface area (Å²) >= 11 is 6.10. The summed E-state index contributed by atoms with van der Waals surface area (Å²) in [6, 6.07) is 17.4. The van der Waals surface area contributed by atoms with Gasteiger partial charge in [0.25, 0.3) is 0 Å². The molecule has 0 spiro atoms. The van der Waals surface area contributed by atoms with Gasteiger partial charge in [0, 0.05) is 29.0 Å². The minimum Gasteiger partial charge on any atom is -0.354 e. The molecule has 2 aromatic carbocycles. The topological polar surface area (TPSA) is 44.4 Å². The van der Waals surface area contributed by atoms with E-state index in [0.717, 1.165) is 35.6 Å². The summed E-state index contributed by atoms with van der Waals surface area (Å²) < 4.78 is 0. The first kappa shape index (κ1) is 18.1. The second kappa shape index (κ2) is 8.11. The molecule has 1 aliphatic rings. The molecule has 0 amide bonds. The van der Waals surface area contributed by atoms with Crippen molar-refractivity contribution >= 4 is 28.8 Å². The van der Waals surface area contributed by atoms with Gasteiger partial charge in [-0.1, -0.05) is 54.9 Å². The number of rotatable bonds is 6. The fraction of sp³-hybridized carbons (Fsp3) is 0.190. The van der Waals surface area contributed by atoms with Crippen LogP contribution in [0, 0.1) is 0 Å². The Balaban J connectivity index is 2.07. The van der Waals surface area contributed by atoms with Crippen molar-refractivity contribution in [3.63, 3.8) is 0 Å². The highest BCUT2D eigenvalue weighted by Crippen LogP contribution is 2.29. The Morgan fingerprint density at radius 2 is 1.92 bits per heavy atom. The van der Waals surface area contributed by atoms with Crippen LogP contribution < -0.4 is 10.7 Å². The van der Waals surface area contributed by atoms with Crippen LogP contribution in [0.5, 0.6) is 0 Å². The molecule has 1 heterocycles. The Morgan fingerprint density at radius 1 is 1.15 bits per heavy atom. The molecule has 0 unspecified atom stereocenters. The van der Waals surface area contributed by atoms with Crippen LogP contribution in [-0.2, 0) is 4.79 Å². The van der Waals surface area contributed by atoms with Crippen LogP contribution >= 0.6 is 11.6 Å². The summed E-state index contributed by atoms with van der Waals surface area (Å²) in [6.45, 7) is 4.52. The number of hydrazine groups is 1. The van der Waals surface area contributed by atoms with E-state index in [1.165, 1.54) is 0 Å². The zero-order chi connectivity index (χ0) is 18.5. The van der Waals surface area contributed by atoms with E-state index in [1.54, 1.807) is 6.92 Å². The lowest BCUT2D eigenvalue weighted by Gasteiger charge is -2.32. The van der Waals surface area contributed by atoms with Crippen molar-refractivity contribution in [3.8, 4) is 0 Å². The normalized spacial score (nSPS) is 14.0. The first-order valence-electron chi connectivity index (χ1n) is 8.67. The number of Topliss-reactive ketones (excluding diaryl/α,β-unsaturated/α-hetero) is 1. The lowest BCUT2D eigenvalue weighted by atomic mass is 9.99. The van der Waals surface area contributed by atoms with Crippen LogP contribution in [0.3, 0.4) is 0 Å². The molecular formula is C21H22ClN3O. The Labute approximate surface area is 159 Å². The molecule has 0 aliphatic carbocycles. The number of ketones is 1. The Hall–Kier alpha value is -2.72. The van der Waals surface area contributed by atoms with Gasteiger partial charge in [-0.05, 0) is 31.5 Å². The van der Waals surface area contributed by atoms with Crippen LogP contribution in [-0.4, -0.2) is 17.3 Å². The van der Waals surface area contributed by atoms with Crippen molar-refractivity contribution in [1.29, 1.82) is 0 Å². The minimum atomic E-state index is -0.00622. The molecule has 0 radical (unpaired) electrons. The van der Waals surface area contributed by atoms with E-state index < -0.39 is 0 Å². The van der Waals surface area contributed by atoms with Gasteiger partial charge in [-0.3, -0.25) is 15.2 Å². The summed E-state index contributed by atoms with van der Waals surface area (Å²) in [4.78, 5) is 12.5. The van der Waals surface area contributed by atoms with Crippen molar-refractivity contribution in [3.05, 3.63) is 82.7 Å². The molecule has 0 atom stereocenters. The first-order valence-corrected chi connectivity index (χ1v) is 9.05. The molecule has 1 aliphatic heterocycles. The SMILES string of the molecule is CCCN1C=C(Nc2cccc(Cl)c2)C(C(C)=O)=C(c2ccccc2)N1. The molecule has 0 saturated carbocycles. The monoisotopic (exact) mass is 367 g/mol. The lowest BCUT2D eigenvalue weighted by Crippen LogP contribution is -2.38. The number of carbonyl (C=O) groups excluding carboxylic acids is 1. The molecule has 3 rings (SSSR count). The fourth-order valence-corrected chi connectivity index (χ4v) is 3.13. The molecule has 2 aromatic rings. The van der Waals surface area contributed by atoms with Crippen molar-refractivity contribution in [2.45, 2.75) is 20.3 Å². The second-order valence-electron chi connectivity index (χ2n) is 6.16. The van der Waals surface area contributed by atoms with E-state index in [4.69, 9.17) is 11.6 Å². The van der Waals surface area contributed by atoms with E-state index in [-0.39, 0.29) is 5.78 Å². The number of halogens is 1. The van der Waals surface area contributed by atoms with E-state index in [0.29, 0.717) is 10.6 Å². The minimum absolute atomic E-state index is 0.00622. The molecule has 0 aromatic heterocycles. The predicted molar refractivity (Wildman–Crippen MR) is 107 cm³/mol. The number of hydrogen-bond donors (Lipinski definition) is 2. The van der Waals surface area contributed by atoms with Crippen molar-refractivity contribution in [1.82, 2.24) is 10.4 Å². The van der Waals surface area contributed by atoms with Gasteiger partial charge < -0.3 is 5.32 Å². The summed E-state index contributed by atoms with van der Waals surface area (Å²) in [5, 5.41) is 6.00. The molecule has 0 bridgehead atoms. The molecule has 134 valence electrons. The average molecular weight is 368 g/mol. The van der Waals surface area contributed by atoms with E-state index in [1.807, 2.05) is 65.8 Å². The van der Waals surface area contributed by atoms with Gasteiger partial charge in [0.15, 0.2) is 5.78 Å². The van der Waals surface area contributed by atoms with Gasteiger partial charge in [0.05, 0.1) is 17.0 Å². The molecule has 4 nitrogen and oxygen atoms in total. The number of anilines is 1. The second-order valence-corrected chi connectivity index (χ2v) is 6.59. The van der Waals surface area contributed by atoms with Crippen LogP contribution in [0.4, 0.5) is 5.69 Å². The molecule has 26 heavy (non-hydrogen) atoms. The predicted octanol–water partition coefficient (Wildman–Crippen LogP) is 4.82. The fourth-order valence-electron chi connectivity index (χ4n) is 2.94. The number of nitrogens with one attached hydrogen (secondary N) is 2. The zero-order valence-electron chi connectivity index (χ0n) is 14.9. The quantitative estimate of drug-likeness (QED) is 0.768. The highest BCUT2D eigenvalue weighted by Gasteiger charge is 2.24. The summed E-state index contributed by atoms with van der Waals surface area (Å²) in [5.41, 5.74) is 7.38. The van der Waals surface area contributed by atoms with Gasteiger partial charge in [0.2, 0.25) is 0 Å². The zero-order valence-corrected chi connectivity index (χ0v) is 15.7. The van der Waals surface area contributed by atoms with E-state index >= 15 is 0 Å². The van der Waals surface area contributed by atoms with Gasteiger partial charge in [-0.25, -0.2) is 0 Å². The van der Waals surface area contributed by atoms with Gasteiger partial charge >= 0.3 is 0 Å². The summed E-state index contributed by atoms with van der Waals surface area (Å²) in [6.07, 6.45) is 2.92. The maximum Gasteiger partial charge on any atom is 0.164 e. The molecule has 5 heteroatoms.